The Bertz CT molecular complexity index is 992. The van der Waals surface area contributed by atoms with Crippen molar-refractivity contribution in [2.45, 2.75) is 38.2 Å². The fraction of sp³-hybridized carbons (Fsp3) is 0.375. The smallest absolute Gasteiger partial charge is 0.231 e. The monoisotopic (exact) mass is 423 g/mol. The van der Waals surface area contributed by atoms with Crippen LogP contribution in [0.15, 0.2) is 59.1 Å². The summed E-state index contributed by atoms with van der Waals surface area (Å²) < 4.78 is 24.5. The molecular formula is C24H26FN3O3. The minimum absolute atomic E-state index is 0.00986. The second-order valence-electron chi connectivity index (χ2n) is 7.82. The molecule has 1 saturated heterocycles. The molecule has 1 atom stereocenters. The fourth-order valence-corrected chi connectivity index (χ4v) is 3.80. The first kappa shape index (κ1) is 21.2. The zero-order valence-electron chi connectivity index (χ0n) is 17.4. The van der Waals surface area contributed by atoms with Crippen molar-refractivity contribution < 1.29 is 18.4 Å². The normalized spacial score (nSPS) is 16.4. The van der Waals surface area contributed by atoms with E-state index in [-0.39, 0.29) is 24.1 Å². The molecular weight excluding hydrogens is 397 g/mol. The zero-order chi connectivity index (χ0) is 21.5. The van der Waals surface area contributed by atoms with Gasteiger partial charge in [-0.05, 0) is 36.1 Å². The Hall–Kier alpha value is -3.06. The number of piperidine rings is 1. The van der Waals surface area contributed by atoms with Crippen molar-refractivity contribution >= 4 is 5.91 Å². The number of hydrogen-bond donors (Lipinski definition) is 0. The van der Waals surface area contributed by atoms with Gasteiger partial charge in [0.05, 0.1) is 25.6 Å². The molecule has 1 amide bonds. The van der Waals surface area contributed by atoms with Crippen molar-refractivity contribution in [3.63, 3.8) is 0 Å². The molecule has 4 rings (SSSR count). The fourth-order valence-electron chi connectivity index (χ4n) is 3.80. The van der Waals surface area contributed by atoms with Crippen LogP contribution in [-0.4, -0.2) is 40.6 Å². The lowest BCUT2D eigenvalue weighted by Crippen LogP contribution is -2.40. The number of amides is 1. The maximum absolute atomic E-state index is 13.4. The third-order valence-corrected chi connectivity index (χ3v) is 5.43. The molecule has 0 N–H and O–H groups in total. The number of likely N-dealkylation sites (tertiary alicyclic amines) is 1. The van der Waals surface area contributed by atoms with Crippen LogP contribution >= 0.6 is 0 Å². The van der Waals surface area contributed by atoms with Crippen molar-refractivity contribution in [1.82, 2.24) is 15.0 Å². The Kier molecular flexibility index (Phi) is 7.04. The molecule has 0 saturated carbocycles. The van der Waals surface area contributed by atoms with E-state index in [0.717, 1.165) is 18.4 Å². The average molecular weight is 423 g/mol. The SMILES string of the molecule is O=C(Cc1cccc(F)c1)N1CCCC(c2nc(CCOCc3ccccc3)no2)C1. The summed E-state index contributed by atoms with van der Waals surface area (Å²) in [6, 6.07) is 16.2. The van der Waals surface area contributed by atoms with Crippen LogP contribution in [-0.2, 0) is 29.0 Å². The van der Waals surface area contributed by atoms with E-state index in [1.807, 2.05) is 35.2 Å². The summed E-state index contributed by atoms with van der Waals surface area (Å²) in [7, 11) is 0. The van der Waals surface area contributed by atoms with Gasteiger partial charge in [-0.25, -0.2) is 4.39 Å². The number of hydrogen-bond acceptors (Lipinski definition) is 5. The van der Waals surface area contributed by atoms with E-state index < -0.39 is 0 Å². The van der Waals surface area contributed by atoms with Crippen molar-refractivity contribution in [3.8, 4) is 0 Å². The van der Waals surface area contributed by atoms with Gasteiger partial charge in [0.25, 0.3) is 0 Å². The van der Waals surface area contributed by atoms with E-state index in [4.69, 9.17) is 9.26 Å². The van der Waals surface area contributed by atoms with Gasteiger partial charge in [0.2, 0.25) is 11.8 Å². The third kappa shape index (κ3) is 5.98. The standard InChI is InChI=1S/C24H26FN3O3/c25-21-10-4-8-19(14-21)15-23(29)28-12-5-9-20(16-28)24-26-22(27-31-24)11-13-30-17-18-6-2-1-3-7-18/h1-4,6-8,10,14,20H,5,9,11-13,15-17H2. The van der Waals surface area contributed by atoms with Gasteiger partial charge in [0.15, 0.2) is 5.82 Å². The van der Waals surface area contributed by atoms with E-state index in [1.165, 1.54) is 12.1 Å². The van der Waals surface area contributed by atoms with Crippen LogP contribution in [0.1, 0.15) is 41.6 Å². The number of rotatable bonds is 8. The lowest BCUT2D eigenvalue weighted by atomic mass is 9.97. The second kappa shape index (κ2) is 10.3. The lowest BCUT2D eigenvalue weighted by molar-refractivity contribution is -0.131. The highest BCUT2D eigenvalue weighted by molar-refractivity contribution is 5.79. The van der Waals surface area contributed by atoms with Gasteiger partial charge in [-0.1, -0.05) is 47.6 Å². The highest BCUT2D eigenvalue weighted by Crippen LogP contribution is 2.26. The van der Waals surface area contributed by atoms with Crippen LogP contribution < -0.4 is 0 Å². The van der Waals surface area contributed by atoms with Gasteiger partial charge in [0, 0.05) is 19.5 Å². The topological polar surface area (TPSA) is 68.5 Å². The highest BCUT2D eigenvalue weighted by Gasteiger charge is 2.28. The Morgan fingerprint density at radius 2 is 2.00 bits per heavy atom. The van der Waals surface area contributed by atoms with E-state index in [2.05, 4.69) is 10.1 Å². The Labute approximate surface area is 181 Å². The maximum Gasteiger partial charge on any atom is 0.231 e. The summed E-state index contributed by atoms with van der Waals surface area (Å²) in [6.45, 7) is 2.30. The number of halogens is 1. The summed E-state index contributed by atoms with van der Waals surface area (Å²) in [5, 5.41) is 4.07. The highest BCUT2D eigenvalue weighted by atomic mass is 19.1. The Morgan fingerprint density at radius 3 is 2.84 bits per heavy atom. The first-order valence-corrected chi connectivity index (χ1v) is 10.6. The van der Waals surface area contributed by atoms with Crippen molar-refractivity contribution in [2.24, 2.45) is 0 Å². The van der Waals surface area contributed by atoms with Crippen LogP contribution in [0.4, 0.5) is 4.39 Å². The number of carbonyl (C=O) groups is 1. The average Bonchev–Trinajstić information content (AvgIpc) is 3.27. The van der Waals surface area contributed by atoms with Gasteiger partial charge < -0.3 is 14.2 Å². The Balaban J connectivity index is 1.26. The number of carbonyl (C=O) groups excluding carboxylic acids is 1. The molecule has 0 radical (unpaired) electrons. The molecule has 7 heteroatoms. The van der Waals surface area contributed by atoms with Gasteiger partial charge in [-0.2, -0.15) is 4.98 Å². The summed E-state index contributed by atoms with van der Waals surface area (Å²) in [5.74, 6) is 0.876. The molecule has 0 aliphatic carbocycles. The first-order chi connectivity index (χ1) is 15.2. The van der Waals surface area contributed by atoms with Crippen molar-refractivity contribution in [1.29, 1.82) is 0 Å². The van der Waals surface area contributed by atoms with Crippen LogP contribution in [0, 0.1) is 5.82 Å². The van der Waals surface area contributed by atoms with E-state index >= 15 is 0 Å². The molecule has 3 aromatic rings. The van der Waals surface area contributed by atoms with E-state index in [9.17, 15) is 9.18 Å². The summed E-state index contributed by atoms with van der Waals surface area (Å²) in [6.07, 6.45) is 2.54. The van der Waals surface area contributed by atoms with Gasteiger partial charge in [-0.15, -0.1) is 0 Å². The van der Waals surface area contributed by atoms with Gasteiger partial charge in [-0.3, -0.25) is 4.79 Å². The minimum atomic E-state index is -0.326. The third-order valence-electron chi connectivity index (χ3n) is 5.43. The lowest BCUT2D eigenvalue weighted by Gasteiger charge is -2.31. The molecule has 6 nitrogen and oxygen atoms in total. The van der Waals surface area contributed by atoms with Gasteiger partial charge >= 0.3 is 0 Å². The molecule has 1 aromatic heterocycles. The second-order valence-corrected chi connectivity index (χ2v) is 7.82. The largest absolute Gasteiger partial charge is 0.376 e. The predicted octanol–water partition coefficient (Wildman–Crippen LogP) is 3.92. The van der Waals surface area contributed by atoms with Crippen molar-refractivity contribution in [3.05, 3.63) is 83.3 Å². The first-order valence-electron chi connectivity index (χ1n) is 10.6. The van der Waals surface area contributed by atoms with Crippen LogP contribution in [0.2, 0.25) is 0 Å². The number of aromatic nitrogens is 2. The number of nitrogens with zero attached hydrogens (tertiary/aromatic N) is 3. The summed E-state index contributed by atoms with van der Waals surface area (Å²) in [4.78, 5) is 19.0. The molecule has 2 aromatic carbocycles. The molecule has 2 heterocycles. The quantitative estimate of drug-likeness (QED) is 0.514. The minimum Gasteiger partial charge on any atom is -0.376 e. The van der Waals surface area contributed by atoms with Gasteiger partial charge in [0.1, 0.15) is 5.82 Å². The molecule has 0 bridgehead atoms. The maximum atomic E-state index is 13.4. The zero-order valence-corrected chi connectivity index (χ0v) is 17.4. The van der Waals surface area contributed by atoms with Crippen LogP contribution in [0.3, 0.4) is 0 Å². The molecule has 1 unspecified atom stereocenters. The van der Waals surface area contributed by atoms with Crippen LogP contribution in [0.25, 0.3) is 0 Å². The predicted molar refractivity (Wildman–Crippen MR) is 113 cm³/mol. The summed E-state index contributed by atoms with van der Waals surface area (Å²) >= 11 is 0. The van der Waals surface area contributed by atoms with Crippen LogP contribution in [0.5, 0.6) is 0 Å². The number of ether oxygens (including phenoxy) is 1. The molecule has 1 fully saturated rings. The van der Waals surface area contributed by atoms with E-state index in [0.29, 0.717) is 50.0 Å². The molecule has 31 heavy (non-hydrogen) atoms. The molecule has 162 valence electrons. The summed E-state index contributed by atoms with van der Waals surface area (Å²) in [5.41, 5.74) is 1.81. The van der Waals surface area contributed by atoms with E-state index in [1.54, 1.807) is 12.1 Å². The molecule has 1 aliphatic heterocycles. The Morgan fingerprint density at radius 1 is 1.16 bits per heavy atom. The molecule has 1 aliphatic rings. The molecule has 0 spiro atoms. The van der Waals surface area contributed by atoms with Crippen molar-refractivity contribution in [2.75, 3.05) is 19.7 Å². The number of benzene rings is 2.